The second-order valence-corrected chi connectivity index (χ2v) is 4.33. The standard InChI is InChI=1S/C6H14O3S.C2H6O/c1-2-3-4-5-6-10(7,8)9;1-3-2/h2-6H2,1H3,(H,7,8,9);1-2H3. The molecule has 0 atom stereocenters. The third-order valence-corrected chi connectivity index (χ3v) is 2.06. The molecule has 0 spiro atoms. The van der Waals surface area contributed by atoms with Gasteiger partial charge in [-0.15, -0.1) is 0 Å². The zero-order valence-electron chi connectivity index (χ0n) is 8.62. The van der Waals surface area contributed by atoms with Crippen LogP contribution in [0.3, 0.4) is 0 Å². The fourth-order valence-electron chi connectivity index (χ4n) is 0.711. The number of methoxy groups -OCH3 is 1. The molecule has 82 valence electrons. The van der Waals surface area contributed by atoms with Crippen LogP contribution in [0.2, 0.25) is 0 Å². The minimum absolute atomic E-state index is 0.0903. The Morgan fingerprint density at radius 2 is 1.62 bits per heavy atom. The lowest BCUT2D eigenvalue weighted by atomic mass is 10.2. The Kier molecular flexibility index (Phi) is 11.8. The summed E-state index contributed by atoms with van der Waals surface area (Å²) in [4.78, 5) is 0. The maximum absolute atomic E-state index is 10.1. The van der Waals surface area contributed by atoms with E-state index in [0.29, 0.717) is 6.42 Å². The Bertz CT molecular complexity index is 175. The van der Waals surface area contributed by atoms with E-state index in [9.17, 15) is 8.42 Å². The Labute approximate surface area is 81.0 Å². The molecule has 13 heavy (non-hydrogen) atoms. The second-order valence-electron chi connectivity index (χ2n) is 2.75. The van der Waals surface area contributed by atoms with Gasteiger partial charge in [0, 0.05) is 14.2 Å². The SMILES string of the molecule is CCCCCCS(=O)(=O)O.COC. The fraction of sp³-hybridized carbons (Fsp3) is 1.00. The van der Waals surface area contributed by atoms with Crippen molar-refractivity contribution in [2.45, 2.75) is 32.6 Å². The monoisotopic (exact) mass is 212 g/mol. The van der Waals surface area contributed by atoms with Crippen molar-refractivity contribution in [2.75, 3.05) is 20.0 Å². The van der Waals surface area contributed by atoms with Crippen LogP contribution in [0.4, 0.5) is 0 Å². The molecule has 0 aromatic heterocycles. The zero-order valence-corrected chi connectivity index (χ0v) is 9.43. The lowest BCUT2D eigenvalue weighted by Crippen LogP contribution is -2.03. The van der Waals surface area contributed by atoms with Gasteiger partial charge in [-0.2, -0.15) is 8.42 Å². The van der Waals surface area contributed by atoms with Crippen LogP contribution in [0.5, 0.6) is 0 Å². The molecule has 0 aliphatic rings. The minimum Gasteiger partial charge on any atom is -0.388 e. The highest BCUT2D eigenvalue weighted by Crippen LogP contribution is 2.00. The maximum Gasteiger partial charge on any atom is 0.264 e. The van der Waals surface area contributed by atoms with Crippen molar-refractivity contribution >= 4 is 10.1 Å². The molecule has 0 unspecified atom stereocenters. The van der Waals surface area contributed by atoms with Crippen molar-refractivity contribution in [3.63, 3.8) is 0 Å². The molecule has 0 amide bonds. The molecule has 0 saturated carbocycles. The number of hydrogen-bond donors (Lipinski definition) is 1. The van der Waals surface area contributed by atoms with Crippen LogP contribution < -0.4 is 0 Å². The summed E-state index contributed by atoms with van der Waals surface area (Å²) in [6, 6.07) is 0. The Morgan fingerprint density at radius 1 is 1.15 bits per heavy atom. The van der Waals surface area contributed by atoms with Gasteiger partial charge in [-0.05, 0) is 6.42 Å². The first-order chi connectivity index (χ1) is 5.97. The normalized spacial score (nSPS) is 10.5. The van der Waals surface area contributed by atoms with Gasteiger partial charge in [-0.1, -0.05) is 26.2 Å². The quantitative estimate of drug-likeness (QED) is 0.556. The Balaban J connectivity index is 0. The third-order valence-electron chi connectivity index (χ3n) is 1.26. The predicted molar refractivity (Wildman–Crippen MR) is 53.5 cm³/mol. The van der Waals surface area contributed by atoms with Gasteiger partial charge in [-0.25, -0.2) is 0 Å². The van der Waals surface area contributed by atoms with Crippen LogP contribution in [0, 0.1) is 0 Å². The van der Waals surface area contributed by atoms with Crippen molar-refractivity contribution in [3.05, 3.63) is 0 Å². The van der Waals surface area contributed by atoms with Gasteiger partial charge in [0.1, 0.15) is 0 Å². The predicted octanol–water partition coefficient (Wildman–Crippen LogP) is 1.72. The van der Waals surface area contributed by atoms with Gasteiger partial charge in [0.05, 0.1) is 5.75 Å². The number of ether oxygens (including phenoxy) is 1. The molecule has 4 nitrogen and oxygen atoms in total. The summed E-state index contributed by atoms with van der Waals surface area (Å²) in [7, 11) is -0.455. The molecular weight excluding hydrogens is 192 g/mol. The maximum atomic E-state index is 10.1. The summed E-state index contributed by atoms with van der Waals surface area (Å²) in [6.07, 6.45) is 3.57. The molecule has 1 N–H and O–H groups in total. The summed E-state index contributed by atoms with van der Waals surface area (Å²) < 4.78 is 32.8. The average Bonchev–Trinajstić information content (AvgIpc) is 1.98. The minimum atomic E-state index is -3.70. The van der Waals surface area contributed by atoms with E-state index >= 15 is 0 Å². The largest absolute Gasteiger partial charge is 0.388 e. The molecule has 5 heteroatoms. The van der Waals surface area contributed by atoms with Crippen LogP contribution >= 0.6 is 0 Å². The molecule has 0 aliphatic heterocycles. The van der Waals surface area contributed by atoms with Crippen LogP contribution in [-0.4, -0.2) is 32.9 Å². The Morgan fingerprint density at radius 3 is 1.92 bits per heavy atom. The van der Waals surface area contributed by atoms with Gasteiger partial charge >= 0.3 is 0 Å². The van der Waals surface area contributed by atoms with Crippen LogP contribution in [0.15, 0.2) is 0 Å². The van der Waals surface area contributed by atoms with Gasteiger partial charge in [0.15, 0.2) is 0 Å². The van der Waals surface area contributed by atoms with Crippen molar-refractivity contribution in [2.24, 2.45) is 0 Å². The van der Waals surface area contributed by atoms with Gasteiger partial charge in [0.2, 0.25) is 0 Å². The van der Waals surface area contributed by atoms with Crippen LogP contribution in [0.1, 0.15) is 32.6 Å². The smallest absolute Gasteiger partial charge is 0.264 e. The van der Waals surface area contributed by atoms with Crippen LogP contribution in [-0.2, 0) is 14.9 Å². The third kappa shape index (κ3) is 24.5. The Hall–Kier alpha value is -0.130. The molecule has 0 radical (unpaired) electrons. The zero-order chi connectivity index (χ0) is 10.7. The van der Waals surface area contributed by atoms with Crippen molar-refractivity contribution in [1.82, 2.24) is 0 Å². The molecule has 0 heterocycles. The van der Waals surface area contributed by atoms with Crippen molar-refractivity contribution < 1.29 is 17.7 Å². The summed E-state index contributed by atoms with van der Waals surface area (Å²) >= 11 is 0. The van der Waals surface area contributed by atoms with E-state index in [1.165, 1.54) is 0 Å². The highest BCUT2D eigenvalue weighted by atomic mass is 32.2. The lowest BCUT2D eigenvalue weighted by molar-refractivity contribution is 0.277. The topological polar surface area (TPSA) is 63.6 Å². The molecular formula is C8H20O4S. The van der Waals surface area contributed by atoms with E-state index in [2.05, 4.69) is 4.74 Å². The van der Waals surface area contributed by atoms with Gasteiger partial charge < -0.3 is 4.74 Å². The summed E-state index contributed by atoms with van der Waals surface area (Å²) in [5, 5.41) is 0. The van der Waals surface area contributed by atoms with E-state index in [1.54, 1.807) is 14.2 Å². The summed E-state index contributed by atoms with van der Waals surface area (Å²) in [6.45, 7) is 2.05. The first-order valence-electron chi connectivity index (χ1n) is 4.33. The van der Waals surface area contributed by atoms with Gasteiger partial charge in [-0.3, -0.25) is 4.55 Å². The summed E-state index contributed by atoms with van der Waals surface area (Å²) in [5.41, 5.74) is 0. The highest BCUT2D eigenvalue weighted by Gasteiger charge is 2.01. The lowest BCUT2D eigenvalue weighted by Gasteiger charge is -1.95. The van der Waals surface area contributed by atoms with E-state index < -0.39 is 10.1 Å². The fourth-order valence-corrected chi connectivity index (χ4v) is 1.28. The molecule has 0 rings (SSSR count). The molecule has 0 bridgehead atoms. The average molecular weight is 212 g/mol. The van der Waals surface area contributed by atoms with Gasteiger partial charge in [0.25, 0.3) is 10.1 Å². The molecule has 0 saturated heterocycles. The number of hydrogen-bond acceptors (Lipinski definition) is 3. The van der Waals surface area contributed by atoms with E-state index in [0.717, 1.165) is 19.3 Å². The first kappa shape index (κ1) is 15.3. The molecule has 0 aromatic carbocycles. The van der Waals surface area contributed by atoms with Crippen LogP contribution in [0.25, 0.3) is 0 Å². The molecule has 0 aromatic rings. The van der Waals surface area contributed by atoms with E-state index in [1.807, 2.05) is 6.92 Å². The van der Waals surface area contributed by atoms with Crippen molar-refractivity contribution in [3.8, 4) is 0 Å². The molecule has 0 aliphatic carbocycles. The number of unbranched alkanes of at least 4 members (excludes halogenated alkanes) is 3. The number of rotatable bonds is 5. The van der Waals surface area contributed by atoms with E-state index in [-0.39, 0.29) is 5.75 Å². The van der Waals surface area contributed by atoms with E-state index in [4.69, 9.17) is 4.55 Å². The second kappa shape index (κ2) is 9.95. The first-order valence-corrected chi connectivity index (χ1v) is 5.94. The highest BCUT2D eigenvalue weighted by molar-refractivity contribution is 7.85. The molecule has 0 fully saturated rings. The van der Waals surface area contributed by atoms with Crippen molar-refractivity contribution in [1.29, 1.82) is 0 Å². The summed E-state index contributed by atoms with van der Waals surface area (Å²) in [5.74, 6) is -0.0903.